The number of aldehydes is 1. The smallest absolute Gasteiger partial charge is 0.383 e. The van der Waals surface area contributed by atoms with Gasteiger partial charge in [-0.25, -0.2) is 13.6 Å². The molecule has 1 fully saturated rings. The first-order valence-electron chi connectivity index (χ1n) is 9.37. The molecular weight excluding hydrogens is 396 g/mol. The molecule has 4 N–H and O–H groups in total. The summed E-state index contributed by atoms with van der Waals surface area (Å²) in [5.74, 6) is -0.808. The van der Waals surface area contributed by atoms with Crippen molar-refractivity contribution < 1.29 is 23.2 Å². The van der Waals surface area contributed by atoms with Crippen molar-refractivity contribution in [2.45, 2.75) is 44.6 Å². The lowest BCUT2D eigenvalue weighted by Crippen LogP contribution is -2.30. The number of nitrogens with zero attached hydrogens (tertiary/aromatic N) is 3. The molecule has 0 atom stereocenters. The van der Waals surface area contributed by atoms with Gasteiger partial charge in [-0.3, -0.25) is 4.68 Å². The molecule has 0 bridgehead atoms. The van der Waals surface area contributed by atoms with Gasteiger partial charge in [0.1, 0.15) is 17.7 Å². The Hall–Kier alpha value is -3.14. The highest BCUT2D eigenvalue weighted by Crippen LogP contribution is 2.49. The highest BCUT2D eigenvalue weighted by atomic mass is 19.3. The number of hydrogen-bond donors (Lipinski definition) is 2. The highest BCUT2D eigenvalue weighted by Gasteiger charge is 2.49. The molecule has 10 heteroatoms. The van der Waals surface area contributed by atoms with Gasteiger partial charge < -0.3 is 21.1 Å². The zero-order valence-electron chi connectivity index (χ0n) is 16.8. The zero-order valence-corrected chi connectivity index (χ0v) is 16.8. The van der Waals surface area contributed by atoms with E-state index in [1.807, 2.05) is 31.2 Å². The van der Waals surface area contributed by atoms with Gasteiger partial charge in [0.25, 0.3) is 6.43 Å². The van der Waals surface area contributed by atoms with E-state index in [4.69, 9.17) is 10.6 Å². The lowest BCUT2D eigenvalue weighted by molar-refractivity contribution is -0.108. The first kappa shape index (κ1) is 23.1. The Balaban J connectivity index is 0.00000155. The average molecular weight is 421 g/mol. The van der Waals surface area contributed by atoms with Crippen LogP contribution in [0.25, 0.3) is 0 Å². The fourth-order valence-corrected chi connectivity index (χ4v) is 3.18. The molecule has 1 aliphatic carbocycles. The minimum absolute atomic E-state index is 0.0203. The average Bonchev–Trinajstić information content (AvgIpc) is 3.44. The quantitative estimate of drug-likeness (QED) is 0.222. The number of amidine groups is 1. The van der Waals surface area contributed by atoms with Gasteiger partial charge >= 0.3 is 5.97 Å². The summed E-state index contributed by atoms with van der Waals surface area (Å²) in [4.78, 5) is 27.8. The number of halogens is 2. The molecule has 1 aromatic carbocycles. The minimum atomic E-state index is -2.85. The number of benzene rings is 1. The second kappa shape index (κ2) is 10.1. The van der Waals surface area contributed by atoms with Crippen LogP contribution in [0.4, 0.5) is 8.78 Å². The lowest BCUT2D eigenvalue weighted by Gasteiger charge is -2.16. The van der Waals surface area contributed by atoms with Crippen molar-refractivity contribution in [3.63, 3.8) is 0 Å². The predicted molar refractivity (Wildman–Crippen MR) is 107 cm³/mol. The molecular formula is C20H25F2N5O3. The molecule has 0 unspecified atom stereocenters. The molecule has 2 aromatic rings. The first-order valence-corrected chi connectivity index (χ1v) is 9.37. The fourth-order valence-electron chi connectivity index (χ4n) is 3.18. The number of aromatic nitrogens is 2. The monoisotopic (exact) mass is 421 g/mol. The third kappa shape index (κ3) is 4.88. The molecule has 1 aromatic heterocycles. The van der Waals surface area contributed by atoms with Crippen molar-refractivity contribution >= 4 is 18.1 Å². The number of nitrogens with two attached hydrogens (primary N) is 2. The molecule has 0 spiro atoms. The van der Waals surface area contributed by atoms with Crippen molar-refractivity contribution in [2.75, 3.05) is 7.05 Å². The van der Waals surface area contributed by atoms with E-state index >= 15 is 0 Å². The molecule has 0 saturated heterocycles. The second-order valence-corrected chi connectivity index (χ2v) is 6.69. The number of rotatable bonds is 8. The summed E-state index contributed by atoms with van der Waals surface area (Å²) in [5.41, 5.74) is 11.4. The van der Waals surface area contributed by atoms with Crippen molar-refractivity contribution in [3.8, 4) is 0 Å². The third-order valence-electron chi connectivity index (χ3n) is 4.82. The Morgan fingerprint density at radius 2 is 2.03 bits per heavy atom. The molecule has 1 aliphatic rings. The van der Waals surface area contributed by atoms with Crippen LogP contribution >= 0.6 is 0 Å². The molecule has 162 valence electrons. The van der Waals surface area contributed by atoms with E-state index in [1.54, 1.807) is 0 Å². The number of hydrogen-bond acceptors (Lipinski definition) is 6. The summed E-state index contributed by atoms with van der Waals surface area (Å²) in [6, 6.07) is 8.67. The first-order chi connectivity index (χ1) is 14.4. The van der Waals surface area contributed by atoms with E-state index in [0.717, 1.165) is 34.7 Å². The largest absolute Gasteiger partial charge is 0.384 e. The fraction of sp³-hybridized carbons (Fsp3) is 0.400. The van der Waals surface area contributed by atoms with Crippen LogP contribution in [0.2, 0.25) is 0 Å². The molecule has 30 heavy (non-hydrogen) atoms. The van der Waals surface area contributed by atoms with Crippen LogP contribution in [0.5, 0.6) is 0 Å². The van der Waals surface area contributed by atoms with E-state index in [-0.39, 0.29) is 24.5 Å². The molecule has 1 heterocycles. The molecule has 0 radical (unpaired) electrons. The summed E-state index contributed by atoms with van der Waals surface area (Å²) >= 11 is 0. The molecule has 0 aliphatic heterocycles. The standard InChI is InChI=1S/C19H20F2N4O3.CH5N/c1-12-5-2-3-6-13(12)19(7-8-19)18(22)24-28-17(27)15-11-14(16(20)21)23-25(15)9-4-10-26;1-2/h2-3,5-6,10-11,16H,4,7-9H2,1H3,(H2,22,24);2H2,1H3. The highest BCUT2D eigenvalue weighted by molar-refractivity contribution is 5.95. The van der Waals surface area contributed by atoms with Crippen LogP contribution in [-0.4, -0.2) is 34.9 Å². The second-order valence-electron chi connectivity index (χ2n) is 6.69. The van der Waals surface area contributed by atoms with Gasteiger partial charge in [-0.2, -0.15) is 5.10 Å². The Morgan fingerprint density at radius 1 is 1.37 bits per heavy atom. The van der Waals surface area contributed by atoms with Crippen molar-refractivity contribution in [1.82, 2.24) is 9.78 Å². The van der Waals surface area contributed by atoms with Crippen LogP contribution in [0.1, 0.15) is 53.0 Å². The van der Waals surface area contributed by atoms with Crippen LogP contribution in [0, 0.1) is 6.92 Å². The van der Waals surface area contributed by atoms with Crippen molar-refractivity contribution in [1.29, 1.82) is 0 Å². The maximum Gasteiger partial charge on any atom is 0.383 e. The van der Waals surface area contributed by atoms with Crippen molar-refractivity contribution in [2.24, 2.45) is 16.6 Å². The van der Waals surface area contributed by atoms with E-state index in [1.165, 1.54) is 7.05 Å². The van der Waals surface area contributed by atoms with Gasteiger partial charge in [-0.05, 0) is 37.9 Å². The normalized spacial score (nSPS) is 14.7. The van der Waals surface area contributed by atoms with E-state index in [0.29, 0.717) is 6.29 Å². The van der Waals surface area contributed by atoms with Gasteiger partial charge in [0.05, 0.1) is 5.41 Å². The Labute approximate surface area is 172 Å². The van der Waals surface area contributed by atoms with Crippen molar-refractivity contribution in [3.05, 3.63) is 52.8 Å². The Morgan fingerprint density at radius 3 is 2.60 bits per heavy atom. The summed E-state index contributed by atoms with van der Waals surface area (Å²) in [5, 5.41) is 7.42. The van der Waals surface area contributed by atoms with Crippen LogP contribution in [-0.2, 0) is 21.6 Å². The Bertz CT molecular complexity index is 923. The van der Waals surface area contributed by atoms with E-state index < -0.39 is 23.5 Å². The Kier molecular flexibility index (Phi) is 7.76. The summed E-state index contributed by atoms with van der Waals surface area (Å²) < 4.78 is 26.8. The number of alkyl halides is 2. The third-order valence-corrected chi connectivity index (χ3v) is 4.82. The van der Waals surface area contributed by atoms with Gasteiger partial charge in [-0.15, -0.1) is 0 Å². The summed E-state index contributed by atoms with van der Waals surface area (Å²) in [7, 11) is 1.50. The predicted octanol–water partition coefficient (Wildman–Crippen LogP) is 2.45. The number of carbonyl (C=O) groups is 2. The molecule has 1 saturated carbocycles. The lowest BCUT2D eigenvalue weighted by atomic mass is 9.91. The van der Waals surface area contributed by atoms with Gasteiger partial charge in [0.2, 0.25) is 0 Å². The van der Waals surface area contributed by atoms with E-state index in [2.05, 4.69) is 16.0 Å². The van der Waals surface area contributed by atoms with Gasteiger partial charge in [0, 0.05) is 19.0 Å². The zero-order chi connectivity index (χ0) is 22.3. The van der Waals surface area contributed by atoms with Gasteiger partial charge in [-0.1, -0.05) is 29.4 Å². The number of aryl methyl sites for hydroxylation is 2. The summed E-state index contributed by atoms with van der Waals surface area (Å²) in [6.45, 7) is 1.94. The number of carbonyl (C=O) groups excluding carboxylic acids is 2. The SMILES string of the molecule is CN.Cc1ccccc1C1(/C(N)=N/OC(=O)c2cc(C(F)F)nn2CCC=O)CC1. The number of oxime groups is 1. The van der Waals surface area contributed by atoms with E-state index in [9.17, 15) is 18.4 Å². The topological polar surface area (TPSA) is 126 Å². The minimum Gasteiger partial charge on any atom is -0.384 e. The molecule has 3 rings (SSSR count). The maximum absolute atomic E-state index is 12.9. The van der Waals surface area contributed by atoms with Crippen LogP contribution in [0.3, 0.4) is 0 Å². The maximum atomic E-state index is 12.9. The van der Waals surface area contributed by atoms with Crippen LogP contribution < -0.4 is 11.5 Å². The van der Waals surface area contributed by atoms with Crippen LogP contribution in [0.15, 0.2) is 35.5 Å². The molecule has 8 nitrogen and oxygen atoms in total. The summed E-state index contributed by atoms with van der Waals surface area (Å²) in [6.07, 6.45) is -0.677. The molecule has 0 amide bonds. The van der Waals surface area contributed by atoms with Gasteiger partial charge in [0.15, 0.2) is 5.84 Å².